The maximum absolute atomic E-state index is 14.1. The van der Waals surface area contributed by atoms with E-state index in [2.05, 4.69) is 34.3 Å². The van der Waals surface area contributed by atoms with Crippen molar-refractivity contribution in [3.63, 3.8) is 0 Å². The maximum Gasteiger partial charge on any atom is 0.255 e. The van der Waals surface area contributed by atoms with Gasteiger partial charge in [-0.2, -0.15) is 0 Å². The summed E-state index contributed by atoms with van der Waals surface area (Å²) in [6.07, 6.45) is 3.32. The first-order chi connectivity index (χ1) is 18.8. The number of aromatic amines is 1. The highest BCUT2D eigenvalue weighted by Crippen LogP contribution is 2.60. The lowest BCUT2D eigenvalue weighted by Crippen LogP contribution is -2.53. The summed E-state index contributed by atoms with van der Waals surface area (Å²) in [5.74, 6) is -1.89. The lowest BCUT2D eigenvalue weighted by molar-refractivity contribution is -0.186. The number of ether oxygens (including phenoxy) is 1. The molecule has 0 radical (unpaired) electrons. The fourth-order valence-electron chi connectivity index (χ4n) is 6.63. The Hall–Kier alpha value is -3.71. The number of carbonyl (C=O) groups excluding carboxylic acids is 1. The smallest absolute Gasteiger partial charge is 0.255 e. The summed E-state index contributed by atoms with van der Waals surface area (Å²) >= 11 is 0. The van der Waals surface area contributed by atoms with Gasteiger partial charge in [0.25, 0.3) is 5.91 Å². The van der Waals surface area contributed by atoms with E-state index in [-0.39, 0.29) is 30.2 Å². The molecule has 2 fully saturated rings. The standard InChI is InChI=1S/C32H33F2N3O2/c1-21-16-28(39-2)26(25-12-14-35-29(21)25)18-37-15-13-31(19-32(33,34)20-31)17-27(37)22-8-10-24(11-9-22)36-30(38)23-6-4-3-5-7-23/h3-12,14,16,27,35H,13,15,17-20H2,1-2H3,(H,36,38). The number of fused-ring (bicyclic) bond motifs is 1. The minimum Gasteiger partial charge on any atom is -0.496 e. The van der Waals surface area contributed by atoms with E-state index in [1.165, 1.54) is 0 Å². The number of alkyl halides is 2. The zero-order valence-corrected chi connectivity index (χ0v) is 22.3. The number of H-pyrrole nitrogens is 1. The summed E-state index contributed by atoms with van der Waals surface area (Å²) in [7, 11) is 1.69. The number of likely N-dealkylation sites (tertiary alicyclic amines) is 1. The average Bonchev–Trinajstić information content (AvgIpc) is 3.42. The molecular formula is C32H33F2N3O2. The monoisotopic (exact) mass is 529 g/mol. The molecule has 3 aromatic carbocycles. The Kier molecular flexibility index (Phi) is 6.42. The lowest BCUT2D eigenvalue weighted by atomic mass is 9.59. The first-order valence-corrected chi connectivity index (χ1v) is 13.5. The minimum absolute atomic E-state index is 0.0197. The fourth-order valence-corrected chi connectivity index (χ4v) is 6.63. The fraction of sp³-hybridized carbons (Fsp3) is 0.344. The Morgan fingerprint density at radius 3 is 2.54 bits per heavy atom. The molecule has 2 aliphatic rings. The Morgan fingerprint density at radius 1 is 1.10 bits per heavy atom. The van der Waals surface area contributed by atoms with Gasteiger partial charge in [0.2, 0.25) is 5.92 Å². The number of anilines is 1. The molecule has 1 atom stereocenters. The molecule has 1 unspecified atom stereocenters. The Labute approximate surface area is 227 Å². The minimum atomic E-state index is -2.56. The SMILES string of the molecule is COc1cc(C)c2[nH]ccc2c1CN1CCC2(CC1c1ccc(NC(=O)c3ccccc3)cc1)CC(F)(F)C2. The zero-order chi connectivity index (χ0) is 27.2. The van der Waals surface area contributed by atoms with Crippen LogP contribution in [0.1, 0.15) is 58.8 Å². The van der Waals surface area contributed by atoms with E-state index in [0.29, 0.717) is 24.2 Å². The van der Waals surface area contributed by atoms with E-state index in [1.807, 2.05) is 48.7 Å². The van der Waals surface area contributed by atoms with Crippen LogP contribution in [-0.4, -0.2) is 35.4 Å². The van der Waals surface area contributed by atoms with E-state index in [0.717, 1.165) is 46.3 Å². The highest BCUT2D eigenvalue weighted by molar-refractivity contribution is 6.04. The van der Waals surface area contributed by atoms with E-state index in [1.54, 1.807) is 19.2 Å². The van der Waals surface area contributed by atoms with Crippen molar-refractivity contribution in [1.29, 1.82) is 0 Å². The van der Waals surface area contributed by atoms with Gasteiger partial charge >= 0.3 is 0 Å². The summed E-state index contributed by atoms with van der Waals surface area (Å²) in [4.78, 5) is 18.4. The van der Waals surface area contributed by atoms with Crippen molar-refractivity contribution in [3.05, 3.63) is 95.2 Å². The van der Waals surface area contributed by atoms with Gasteiger partial charge in [0, 0.05) is 59.3 Å². The molecule has 2 N–H and O–H groups in total. The van der Waals surface area contributed by atoms with Crippen LogP contribution in [0.25, 0.3) is 10.9 Å². The van der Waals surface area contributed by atoms with E-state index in [9.17, 15) is 13.6 Å². The van der Waals surface area contributed by atoms with Crippen molar-refractivity contribution in [3.8, 4) is 5.75 Å². The third kappa shape index (κ3) is 4.91. The van der Waals surface area contributed by atoms with Crippen LogP contribution < -0.4 is 10.1 Å². The quantitative estimate of drug-likeness (QED) is 0.272. The number of piperidine rings is 1. The van der Waals surface area contributed by atoms with Crippen LogP contribution >= 0.6 is 0 Å². The summed E-state index contributed by atoms with van der Waals surface area (Å²) in [6, 6.07) is 21.1. The van der Waals surface area contributed by atoms with Gasteiger partial charge < -0.3 is 15.0 Å². The lowest BCUT2D eigenvalue weighted by Gasteiger charge is -2.54. The number of methoxy groups -OCH3 is 1. The number of aromatic nitrogens is 1. The topological polar surface area (TPSA) is 57.4 Å². The molecule has 1 aromatic heterocycles. The van der Waals surface area contributed by atoms with Crippen LogP contribution in [0.4, 0.5) is 14.5 Å². The van der Waals surface area contributed by atoms with Gasteiger partial charge in [0.05, 0.1) is 7.11 Å². The van der Waals surface area contributed by atoms with Crippen molar-refractivity contribution in [1.82, 2.24) is 9.88 Å². The first-order valence-electron chi connectivity index (χ1n) is 13.5. The molecule has 5 nitrogen and oxygen atoms in total. The predicted octanol–water partition coefficient (Wildman–Crippen LogP) is 7.49. The number of nitrogens with one attached hydrogen (secondary N) is 2. The van der Waals surface area contributed by atoms with Crippen molar-refractivity contribution in [2.75, 3.05) is 19.0 Å². The molecule has 1 saturated heterocycles. The number of benzene rings is 3. The first kappa shape index (κ1) is 25.6. The number of nitrogens with zero attached hydrogens (tertiary/aromatic N) is 1. The Bertz CT molecular complexity index is 1490. The van der Waals surface area contributed by atoms with Gasteiger partial charge in [0.15, 0.2) is 0 Å². The molecule has 202 valence electrons. The molecule has 1 aliphatic carbocycles. The summed E-state index contributed by atoms with van der Waals surface area (Å²) in [5, 5.41) is 4.08. The second kappa shape index (κ2) is 9.79. The zero-order valence-electron chi connectivity index (χ0n) is 22.3. The summed E-state index contributed by atoms with van der Waals surface area (Å²) in [5.41, 5.74) is 5.35. The van der Waals surface area contributed by atoms with Crippen molar-refractivity contribution >= 4 is 22.5 Å². The molecule has 1 aliphatic heterocycles. The highest BCUT2D eigenvalue weighted by atomic mass is 19.3. The molecule has 1 amide bonds. The van der Waals surface area contributed by atoms with Gasteiger partial charge in [-0.1, -0.05) is 30.3 Å². The number of hydrogen-bond acceptors (Lipinski definition) is 3. The van der Waals surface area contributed by atoms with Crippen LogP contribution in [0, 0.1) is 12.3 Å². The largest absolute Gasteiger partial charge is 0.496 e. The molecule has 1 spiro atoms. The Balaban J connectivity index is 1.29. The number of halogens is 2. The van der Waals surface area contributed by atoms with Crippen molar-refractivity contribution in [2.24, 2.45) is 5.41 Å². The van der Waals surface area contributed by atoms with Crippen molar-refractivity contribution < 1.29 is 18.3 Å². The summed E-state index contributed by atoms with van der Waals surface area (Å²) < 4.78 is 33.9. The van der Waals surface area contributed by atoms with Crippen LogP contribution in [0.2, 0.25) is 0 Å². The third-order valence-electron chi connectivity index (χ3n) is 8.55. The van der Waals surface area contributed by atoms with Crippen LogP contribution in [-0.2, 0) is 6.54 Å². The van der Waals surface area contributed by atoms with Crippen LogP contribution in [0.15, 0.2) is 72.9 Å². The molecule has 0 bridgehead atoms. The van der Waals surface area contributed by atoms with E-state index in [4.69, 9.17) is 4.74 Å². The second-order valence-corrected chi connectivity index (χ2v) is 11.2. The third-order valence-corrected chi connectivity index (χ3v) is 8.55. The van der Waals surface area contributed by atoms with Gasteiger partial charge in [0.1, 0.15) is 5.75 Å². The van der Waals surface area contributed by atoms with E-state index >= 15 is 0 Å². The molecular weight excluding hydrogens is 496 g/mol. The summed E-state index contributed by atoms with van der Waals surface area (Å²) in [6.45, 7) is 3.45. The van der Waals surface area contributed by atoms with Gasteiger partial charge in [-0.3, -0.25) is 9.69 Å². The normalized spacial score (nSPS) is 20.1. The van der Waals surface area contributed by atoms with Gasteiger partial charge in [-0.05, 0) is 79.3 Å². The molecule has 2 heterocycles. The Morgan fingerprint density at radius 2 is 1.85 bits per heavy atom. The van der Waals surface area contributed by atoms with Crippen LogP contribution in [0.5, 0.6) is 5.75 Å². The number of carbonyl (C=O) groups is 1. The number of rotatable bonds is 6. The number of hydrogen-bond donors (Lipinski definition) is 2. The molecule has 39 heavy (non-hydrogen) atoms. The van der Waals surface area contributed by atoms with Gasteiger partial charge in [-0.25, -0.2) is 8.78 Å². The van der Waals surface area contributed by atoms with Crippen LogP contribution in [0.3, 0.4) is 0 Å². The van der Waals surface area contributed by atoms with E-state index < -0.39 is 5.92 Å². The molecule has 6 rings (SSSR count). The maximum atomic E-state index is 14.1. The molecule has 1 saturated carbocycles. The van der Waals surface area contributed by atoms with Crippen molar-refractivity contribution in [2.45, 2.75) is 51.1 Å². The second-order valence-electron chi connectivity index (χ2n) is 11.2. The average molecular weight is 530 g/mol. The predicted molar refractivity (Wildman–Crippen MR) is 149 cm³/mol. The number of aryl methyl sites for hydroxylation is 1. The molecule has 7 heteroatoms. The van der Waals surface area contributed by atoms with Gasteiger partial charge in [-0.15, -0.1) is 0 Å². The highest BCUT2D eigenvalue weighted by Gasteiger charge is 2.58. The molecule has 4 aromatic rings. The number of amides is 1.